The molecular formula is C13H12BrF2N3. The van der Waals surface area contributed by atoms with E-state index in [0.717, 1.165) is 22.3 Å². The highest BCUT2D eigenvalue weighted by atomic mass is 79.9. The Labute approximate surface area is 118 Å². The molecule has 0 fully saturated rings. The Bertz CT molecular complexity index is 592. The van der Waals surface area contributed by atoms with Crippen LogP contribution in [-0.2, 0) is 6.42 Å². The molecule has 1 N–H and O–H groups in total. The second kappa shape index (κ2) is 5.61. The molecule has 0 aliphatic carbocycles. The summed E-state index contributed by atoms with van der Waals surface area (Å²) in [6, 6.07) is 3.62. The Balaban J connectivity index is 2.58. The number of rotatable bonds is 3. The summed E-state index contributed by atoms with van der Waals surface area (Å²) >= 11 is 3.41. The molecule has 1 aromatic carbocycles. The molecule has 0 bridgehead atoms. The van der Waals surface area contributed by atoms with Gasteiger partial charge in [0, 0.05) is 12.6 Å². The molecule has 0 radical (unpaired) electrons. The van der Waals surface area contributed by atoms with Gasteiger partial charge in [0.05, 0.1) is 10.2 Å². The first-order valence-electron chi connectivity index (χ1n) is 5.76. The first kappa shape index (κ1) is 13.9. The van der Waals surface area contributed by atoms with Gasteiger partial charge in [0.25, 0.3) is 0 Å². The van der Waals surface area contributed by atoms with Crippen LogP contribution >= 0.6 is 15.9 Å². The minimum absolute atomic E-state index is 0.364. The second-order valence-corrected chi connectivity index (χ2v) is 4.68. The molecule has 0 spiro atoms. The number of benzene rings is 1. The van der Waals surface area contributed by atoms with Gasteiger partial charge in [0.1, 0.15) is 5.82 Å². The average Bonchev–Trinajstić information content (AvgIpc) is 2.42. The highest BCUT2D eigenvalue weighted by molar-refractivity contribution is 9.10. The zero-order valence-corrected chi connectivity index (χ0v) is 12.1. The molecule has 6 heteroatoms. The normalized spacial score (nSPS) is 10.6. The molecule has 0 unspecified atom stereocenters. The highest BCUT2D eigenvalue weighted by Crippen LogP contribution is 2.27. The molecule has 3 nitrogen and oxygen atoms in total. The van der Waals surface area contributed by atoms with Gasteiger partial charge < -0.3 is 5.32 Å². The van der Waals surface area contributed by atoms with E-state index in [0.29, 0.717) is 23.6 Å². The van der Waals surface area contributed by atoms with Crippen LogP contribution in [0.5, 0.6) is 0 Å². The number of halogens is 3. The minimum Gasteiger partial charge on any atom is -0.372 e. The van der Waals surface area contributed by atoms with Gasteiger partial charge in [-0.2, -0.15) is 0 Å². The summed E-state index contributed by atoms with van der Waals surface area (Å²) < 4.78 is 27.0. The van der Waals surface area contributed by atoms with Crippen LogP contribution in [0.3, 0.4) is 0 Å². The van der Waals surface area contributed by atoms with E-state index < -0.39 is 11.6 Å². The lowest BCUT2D eigenvalue weighted by Crippen LogP contribution is -2.03. The molecule has 100 valence electrons. The van der Waals surface area contributed by atoms with Gasteiger partial charge in [0.15, 0.2) is 17.5 Å². The Morgan fingerprint density at radius 1 is 1.21 bits per heavy atom. The molecule has 0 atom stereocenters. The van der Waals surface area contributed by atoms with Crippen molar-refractivity contribution in [1.82, 2.24) is 9.97 Å². The zero-order chi connectivity index (χ0) is 14.0. The lowest BCUT2D eigenvalue weighted by Gasteiger charge is -2.10. The summed E-state index contributed by atoms with van der Waals surface area (Å²) in [5.41, 5.74) is 1.25. The summed E-state index contributed by atoms with van der Waals surface area (Å²) in [5.74, 6) is -0.812. The van der Waals surface area contributed by atoms with Crippen LogP contribution < -0.4 is 5.32 Å². The van der Waals surface area contributed by atoms with Gasteiger partial charge in [-0.25, -0.2) is 18.7 Å². The molecule has 1 heterocycles. The summed E-state index contributed by atoms with van der Waals surface area (Å²) in [6.45, 7) is 1.96. The van der Waals surface area contributed by atoms with E-state index in [9.17, 15) is 8.78 Å². The number of hydrogen-bond donors (Lipinski definition) is 1. The molecule has 19 heavy (non-hydrogen) atoms. The quantitative estimate of drug-likeness (QED) is 0.932. The average molecular weight is 328 g/mol. The fraction of sp³-hybridized carbons (Fsp3) is 0.231. The van der Waals surface area contributed by atoms with Crippen molar-refractivity contribution in [1.29, 1.82) is 0 Å². The summed E-state index contributed by atoms with van der Waals surface area (Å²) in [7, 11) is 1.74. The predicted octanol–water partition coefficient (Wildman–Crippen LogP) is 3.79. The van der Waals surface area contributed by atoms with E-state index in [4.69, 9.17) is 0 Å². The van der Waals surface area contributed by atoms with E-state index in [2.05, 4.69) is 31.2 Å². The lowest BCUT2D eigenvalue weighted by molar-refractivity contribution is 0.509. The monoisotopic (exact) mass is 327 g/mol. The van der Waals surface area contributed by atoms with Gasteiger partial charge >= 0.3 is 0 Å². The molecule has 0 aliphatic rings. The maximum Gasteiger partial charge on any atom is 0.161 e. The molecule has 0 saturated carbocycles. The molecule has 0 aliphatic heterocycles. The van der Waals surface area contributed by atoms with Crippen LogP contribution in [-0.4, -0.2) is 17.0 Å². The van der Waals surface area contributed by atoms with Gasteiger partial charge in [-0.3, -0.25) is 0 Å². The molecule has 1 aromatic heterocycles. The molecule has 2 aromatic rings. The molecule has 2 rings (SSSR count). The Kier molecular flexibility index (Phi) is 4.09. The van der Waals surface area contributed by atoms with Crippen molar-refractivity contribution in [3.63, 3.8) is 0 Å². The van der Waals surface area contributed by atoms with Gasteiger partial charge in [-0.15, -0.1) is 0 Å². The maximum atomic E-state index is 13.3. The SMILES string of the molecule is CCc1nc(-c2ccc(F)c(F)c2)nc(NC)c1Br. The molecule has 0 amide bonds. The fourth-order valence-corrected chi connectivity index (χ4v) is 2.31. The van der Waals surface area contributed by atoms with Crippen molar-refractivity contribution in [3.05, 3.63) is 40.0 Å². The molecule has 0 saturated heterocycles. The van der Waals surface area contributed by atoms with Gasteiger partial charge in [-0.05, 0) is 40.5 Å². The second-order valence-electron chi connectivity index (χ2n) is 3.89. The Morgan fingerprint density at radius 3 is 2.53 bits per heavy atom. The van der Waals surface area contributed by atoms with E-state index in [1.54, 1.807) is 7.05 Å². The van der Waals surface area contributed by atoms with Crippen molar-refractivity contribution >= 4 is 21.7 Å². The van der Waals surface area contributed by atoms with Crippen LogP contribution in [0.25, 0.3) is 11.4 Å². The van der Waals surface area contributed by atoms with Crippen molar-refractivity contribution in [2.24, 2.45) is 0 Å². The van der Waals surface area contributed by atoms with Crippen molar-refractivity contribution in [2.75, 3.05) is 12.4 Å². The first-order chi connectivity index (χ1) is 9.06. The van der Waals surface area contributed by atoms with E-state index in [1.165, 1.54) is 6.07 Å². The Morgan fingerprint density at radius 2 is 1.95 bits per heavy atom. The maximum absolute atomic E-state index is 13.3. The zero-order valence-electron chi connectivity index (χ0n) is 10.5. The van der Waals surface area contributed by atoms with Crippen molar-refractivity contribution in [3.8, 4) is 11.4 Å². The van der Waals surface area contributed by atoms with Crippen LogP contribution in [0.1, 0.15) is 12.6 Å². The minimum atomic E-state index is -0.909. The Hall–Kier alpha value is -1.56. The highest BCUT2D eigenvalue weighted by Gasteiger charge is 2.13. The van der Waals surface area contributed by atoms with Crippen LogP contribution in [0.15, 0.2) is 22.7 Å². The standard InChI is InChI=1S/C13H12BrF2N3/c1-3-10-11(14)13(17-2)19-12(18-10)7-4-5-8(15)9(16)6-7/h4-6H,3H2,1-2H3,(H,17,18,19). The molecular weight excluding hydrogens is 316 g/mol. The topological polar surface area (TPSA) is 37.8 Å². The van der Waals surface area contributed by atoms with Crippen LogP contribution in [0.2, 0.25) is 0 Å². The van der Waals surface area contributed by atoms with Gasteiger partial charge in [-0.1, -0.05) is 6.92 Å². The van der Waals surface area contributed by atoms with Crippen LogP contribution in [0.4, 0.5) is 14.6 Å². The van der Waals surface area contributed by atoms with E-state index in [1.807, 2.05) is 6.92 Å². The first-order valence-corrected chi connectivity index (χ1v) is 6.55. The third-order valence-corrected chi connectivity index (χ3v) is 3.50. The summed E-state index contributed by atoms with van der Waals surface area (Å²) in [5, 5.41) is 2.94. The van der Waals surface area contributed by atoms with Crippen molar-refractivity contribution in [2.45, 2.75) is 13.3 Å². The largest absolute Gasteiger partial charge is 0.372 e. The van der Waals surface area contributed by atoms with Crippen LogP contribution in [0, 0.1) is 11.6 Å². The third-order valence-electron chi connectivity index (χ3n) is 2.67. The predicted molar refractivity (Wildman–Crippen MR) is 74.0 cm³/mol. The summed E-state index contributed by atoms with van der Waals surface area (Å²) in [6.07, 6.45) is 0.703. The number of anilines is 1. The van der Waals surface area contributed by atoms with E-state index in [-0.39, 0.29) is 0 Å². The third kappa shape index (κ3) is 2.73. The summed E-state index contributed by atoms with van der Waals surface area (Å²) in [4.78, 5) is 8.64. The van der Waals surface area contributed by atoms with Gasteiger partial charge in [0.2, 0.25) is 0 Å². The lowest BCUT2D eigenvalue weighted by atomic mass is 10.2. The fourth-order valence-electron chi connectivity index (χ4n) is 1.66. The number of nitrogens with zero attached hydrogens (tertiary/aromatic N) is 2. The number of aromatic nitrogens is 2. The number of nitrogens with one attached hydrogen (secondary N) is 1. The van der Waals surface area contributed by atoms with E-state index >= 15 is 0 Å². The smallest absolute Gasteiger partial charge is 0.161 e. The number of hydrogen-bond acceptors (Lipinski definition) is 3. The van der Waals surface area contributed by atoms with Crippen molar-refractivity contribution < 1.29 is 8.78 Å². The number of aryl methyl sites for hydroxylation is 1.